The van der Waals surface area contributed by atoms with Crippen molar-refractivity contribution in [1.29, 1.82) is 0 Å². The average molecular weight is 319 g/mol. The zero-order valence-corrected chi connectivity index (χ0v) is 12.9. The van der Waals surface area contributed by atoms with Crippen molar-refractivity contribution in [2.45, 2.75) is 19.9 Å². The molecule has 3 nitrogen and oxygen atoms in total. The molecular formula is C18H19F2NO2. The number of carbonyl (C=O) groups is 1. The van der Waals surface area contributed by atoms with Crippen LogP contribution in [0.4, 0.5) is 8.78 Å². The van der Waals surface area contributed by atoms with Crippen LogP contribution >= 0.6 is 0 Å². The molecule has 1 N–H and O–H groups in total. The molecule has 2 aromatic rings. The van der Waals surface area contributed by atoms with Crippen LogP contribution in [0.3, 0.4) is 0 Å². The topological polar surface area (TPSA) is 38.3 Å². The van der Waals surface area contributed by atoms with Gasteiger partial charge >= 0.3 is 5.97 Å². The first-order valence-corrected chi connectivity index (χ1v) is 7.51. The Morgan fingerprint density at radius 2 is 1.78 bits per heavy atom. The third-order valence-electron chi connectivity index (χ3n) is 3.36. The molecule has 0 aliphatic heterocycles. The van der Waals surface area contributed by atoms with E-state index in [2.05, 4.69) is 5.32 Å². The van der Waals surface area contributed by atoms with Gasteiger partial charge in [0.2, 0.25) is 0 Å². The zero-order valence-electron chi connectivity index (χ0n) is 12.9. The summed E-state index contributed by atoms with van der Waals surface area (Å²) < 4.78 is 31.8. The van der Waals surface area contributed by atoms with Crippen LogP contribution in [0, 0.1) is 11.6 Å². The van der Waals surface area contributed by atoms with Crippen molar-refractivity contribution in [3.05, 3.63) is 59.7 Å². The van der Waals surface area contributed by atoms with Gasteiger partial charge < -0.3 is 10.1 Å². The molecule has 2 rings (SSSR count). The Kier molecular flexibility index (Phi) is 6.23. The molecule has 0 unspecified atom stereocenters. The highest BCUT2D eigenvalue weighted by molar-refractivity contribution is 5.69. The number of carbonyl (C=O) groups excluding carboxylic acids is 1. The molecule has 5 heteroatoms. The number of hydrogen-bond acceptors (Lipinski definition) is 3. The Balaban J connectivity index is 1.92. The summed E-state index contributed by atoms with van der Waals surface area (Å²) in [6.07, 6.45) is 0.253. The van der Waals surface area contributed by atoms with Gasteiger partial charge in [-0.25, -0.2) is 8.78 Å². The Morgan fingerprint density at radius 3 is 2.43 bits per heavy atom. The molecule has 0 fully saturated rings. The molecule has 0 atom stereocenters. The fourth-order valence-corrected chi connectivity index (χ4v) is 2.16. The molecule has 0 spiro atoms. The number of rotatable bonds is 7. The molecule has 0 radical (unpaired) electrons. The zero-order chi connectivity index (χ0) is 16.7. The van der Waals surface area contributed by atoms with Crippen LogP contribution in [0.25, 0.3) is 11.1 Å². The van der Waals surface area contributed by atoms with Crippen LogP contribution in [0.15, 0.2) is 42.5 Å². The van der Waals surface area contributed by atoms with Crippen LogP contribution in [0.5, 0.6) is 0 Å². The van der Waals surface area contributed by atoms with E-state index >= 15 is 0 Å². The minimum absolute atomic E-state index is 0.253. The lowest BCUT2D eigenvalue weighted by atomic mass is 10.0. The first-order chi connectivity index (χ1) is 11.1. The van der Waals surface area contributed by atoms with Crippen molar-refractivity contribution >= 4 is 5.97 Å². The van der Waals surface area contributed by atoms with Crippen molar-refractivity contribution < 1.29 is 18.3 Å². The Labute approximate surface area is 134 Å². The normalized spacial score (nSPS) is 10.6. The molecule has 0 amide bonds. The van der Waals surface area contributed by atoms with Gasteiger partial charge in [0, 0.05) is 18.7 Å². The van der Waals surface area contributed by atoms with Crippen LogP contribution < -0.4 is 5.32 Å². The van der Waals surface area contributed by atoms with Crippen molar-refractivity contribution in [2.75, 3.05) is 13.2 Å². The molecule has 0 saturated heterocycles. The lowest BCUT2D eigenvalue weighted by Crippen LogP contribution is -2.19. The summed E-state index contributed by atoms with van der Waals surface area (Å²) in [5, 5.41) is 3.01. The number of ether oxygens (including phenoxy) is 1. The molecular weight excluding hydrogens is 300 g/mol. The minimum Gasteiger partial charge on any atom is -0.466 e. The quantitative estimate of drug-likeness (QED) is 0.625. The first kappa shape index (κ1) is 17.1. The maximum absolute atomic E-state index is 14.1. The summed E-state index contributed by atoms with van der Waals surface area (Å²) in [4.78, 5) is 11.2. The number of nitrogens with one attached hydrogen (secondary N) is 1. The second-order valence-electron chi connectivity index (χ2n) is 5.04. The highest BCUT2D eigenvalue weighted by atomic mass is 19.1. The van der Waals surface area contributed by atoms with E-state index in [9.17, 15) is 13.6 Å². The largest absolute Gasteiger partial charge is 0.466 e. The van der Waals surface area contributed by atoms with E-state index in [0.717, 1.165) is 5.56 Å². The molecule has 0 aliphatic rings. The second kappa shape index (κ2) is 8.39. The van der Waals surface area contributed by atoms with E-state index in [-0.39, 0.29) is 24.0 Å². The summed E-state index contributed by atoms with van der Waals surface area (Å²) in [6, 6.07) is 10.8. The van der Waals surface area contributed by atoms with Gasteiger partial charge in [0.1, 0.15) is 11.6 Å². The molecule has 122 valence electrons. The SMILES string of the molecule is CCOC(=O)CCNCc1ccc(-c2ccc(F)cc2)cc1F. The Hall–Kier alpha value is -2.27. The van der Waals surface area contributed by atoms with Crippen LogP contribution in [-0.2, 0) is 16.1 Å². The molecule has 23 heavy (non-hydrogen) atoms. The average Bonchev–Trinajstić information content (AvgIpc) is 2.54. The van der Waals surface area contributed by atoms with E-state index in [1.54, 1.807) is 31.2 Å². The Morgan fingerprint density at radius 1 is 1.09 bits per heavy atom. The fourth-order valence-electron chi connectivity index (χ4n) is 2.16. The molecule has 0 saturated carbocycles. The monoisotopic (exact) mass is 319 g/mol. The maximum Gasteiger partial charge on any atom is 0.307 e. The van der Waals surface area contributed by atoms with E-state index < -0.39 is 0 Å². The fraction of sp³-hybridized carbons (Fsp3) is 0.278. The van der Waals surface area contributed by atoms with Crippen LogP contribution in [0.2, 0.25) is 0 Å². The molecule has 0 aliphatic carbocycles. The molecule has 0 aromatic heterocycles. The van der Waals surface area contributed by atoms with E-state index in [1.807, 2.05) is 0 Å². The summed E-state index contributed by atoms with van der Waals surface area (Å²) in [5.74, 6) is -0.931. The number of hydrogen-bond donors (Lipinski definition) is 1. The molecule has 0 heterocycles. The maximum atomic E-state index is 14.1. The molecule has 0 bridgehead atoms. The van der Waals surface area contributed by atoms with Crippen molar-refractivity contribution in [1.82, 2.24) is 5.32 Å². The van der Waals surface area contributed by atoms with Crippen LogP contribution in [0.1, 0.15) is 18.9 Å². The van der Waals surface area contributed by atoms with Crippen molar-refractivity contribution in [3.8, 4) is 11.1 Å². The standard InChI is InChI=1S/C18H19F2NO2/c1-2-23-18(22)9-10-21-12-15-4-3-14(11-17(15)20)13-5-7-16(19)8-6-13/h3-8,11,21H,2,9-10,12H2,1H3. The predicted molar refractivity (Wildman–Crippen MR) is 84.8 cm³/mol. The predicted octanol–water partition coefficient (Wildman–Crippen LogP) is 3.67. The number of benzene rings is 2. The summed E-state index contributed by atoms with van der Waals surface area (Å²) in [7, 11) is 0. The summed E-state index contributed by atoms with van der Waals surface area (Å²) >= 11 is 0. The third-order valence-corrected chi connectivity index (χ3v) is 3.36. The van der Waals surface area contributed by atoms with Gasteiger partial charge in [-0.05, 0) is 36.2 Å². The smallest absolute Gasteiger partial charge is 0.307 e. The van der Waals surface area contributed by atoms with Gasteiger partial charge in [-0.1, -0.05) is 24.3 Å². The van der Waals surface area contributed by atoms with Gasteiger partial charge in [0.05, 0.1) is 13.0 Å². The highest BCUT2D eigenvalue weighted by Crippen LogP contribution is 2.22. The van der Waals surface area contributed by atoms with Crippen molar-refractivity contribution in [2.24, 2.45) is 0 Å². The number of halogens is 2. The van der Waals surface area contributed by atoms with Crippen molar-refractivity contribution in [3.63, 3.8) is 0 Å². The lowest BCUT2D eigenvalue weighted by molar-refractivity contribution is -0.142. The summed E-state index contributed by atoms with van der Waals surface area (Å²) in [6.45, 7) is 2.87. The van der Waals surface area contributed by atoms with Gasteiger partial charge in [0.15, 0.2) is 0 Å². The van der Waals surface area contributed by atoms with E-state index in [1.165, 1.54) is 18.2 Å². The van der Waals surface area contributed by atoms with Crippen LogP contribution in [-0.4, -0.2) is 19.1 Å². The Bertz CT molecular complexity index is 657. The van der Waals surface area contributed by atoms with Gasteiger partial charge in [-0.2, -0.15) is 0 Å². The number of esters is 1. The third kappa shape index (κ3) is 5.14. The van der Waals surface area contributed by atoms with Gasteiger partial charge in [-0.15, -0.1) is 0 Å². The molecule has 2 aromatic carbocycles. The first-order valence-electron chi connectivity index (χ1n) is 7.51. The van der Waals surface area contributed by atoms with E-state index in [4.69, 9.17) is 4.74 Å². The van der Waals surface area contributed by atoms with E-state index in [0.29, 0.717) is 30.8 Å². The highest BCUT2D eigenvalue weighted by Gasteiger charge is 2.06. The second-order valence-corrected chi connectivity index (χ2v) is 5.04. The minimum atomic E-state index is -0.338. The van der Waals surface area contributed by atoms with Gasteiger partial charge in [-0.3, -0.25) is 4.79 Å². The summed E-state index contributed by atoms with van der Waals surface area (Å²) in [5.41, 5.74) is 1.96. The lowest BCUT2D eigenvalue weighted by Gasteiger charge is -2.08. The van der Waals surface area contributed by atoms with Gasteiger partial charge in [0.25, 0.3) is 0 Å².